The van der Waals surface area contributed by atoms with E-state index < -0.39 is 6.10 Å². The standard InChI is InChI=1S/C24H25N3O4/c1-16(23(28)18-14-25-19-7-3-2-6-17(18)19)26-10-12-27(13-11-26)24(29)22-15-30-20-8-4-5-9-21(20)31-22/h2-9,14,16,22,25H,10-13,15H2,1H3/t16-,22+/m0/s1. The number of amides is 1. The summed E-state index contributed by atoms with van der Waals surface area (Å²) in [5.41, 5.74) is 1.68. The van der Waals surface area contributed by atoms with Gasteiger partial charge in [-0.15, -0.1) is 0 Å². The number of nitrogens with zero attached hydrogens (tertiary/aromatic N) is 2. The number of ketones is 1. The van der Waals surface area contributed by atoms with Crippen molar-refractivity contribution in [1.82, 2.24) is 14.8 Å². The largest absolute Gasteiger partial charge is 0.485 e. The SMILES string of the molecule is C[C@@H](C(=O)c1c[nH]c2ccccc12)N1CCN(C(=O)[C@H]2COc3ccccc3O2)CC1. The number of nitrogens with one attached hydrogen (secondary N) is 1. The Morgan fingerprint density at radius 1 is 1.00 bits per heavy atom. The van der Waals surface area contributed by atoms with E-state index in [2.05, 4.69) is 9.88 Å². The van der Waals surface area contributed by atoms with Crippen molar-refractivity contribution < 1.29 is 19.1 Å². The van der Waals surface area contributed by atoms with Gasteiger partial charge in [-0.2, -0.15) is 0 Å². The Kier molecular flexibility index (Phi) is 5.11. The van der Waals surface area contributed by atoms with Crippen LogP contribution in [0.3, 0.4) is 0 Å². The van der Waals surface area contributed by atoms with Gasteiger partial charge in [0.05, 0.1) is 6.04 Å². The molecule has 2 aromatic carbocycles. The molecule has 0 bridgehead atoms. The first-order chi connectivity index (χ1) is 15.1. The quantitative estimate of drug-likeness (QED) is 0.659. The van der Waals surface area contributed by atoms with Gasteiger partial charge in [-0.1, -0.05) is 30.3 Å². The number of rotatable bonds is 4. The predicted octanol–water partition coefficient (Wildman–Crippen LogP) is 2.72. The molecule has 1 amide bonds. The van der Waals surface area contributed by atoms with Gasteiger partial charge in [-0.3, -0.25) is 14.5 Å². The molecule has 0 unspecified atom stereocenters. The number of fused-ring (bicyclic) bond motifs is 2. The third kappa shape index (κ3) is 3.65. The smallest absolute Gasteiger partial charge is 0.267 e. The summed E-state index contributed by atoms with van der Waals surface area (Å²) in [4.78, 5) is 33.2. The molecule has 1 saturated heterocycles. The lowest BCUT2D eigenvalue weighted by atomic mass is 10.0. The van der Waals surface area contributed by atoms with E-state index in [4.69, 9.17) is 9.47 Å². The number of ether oxygens (including phenoxy) is 2. The minimum absolute atomic E-state index is 0.0650. The van der Waals surface area contributed by atoms with Crippen LogP contribution in [-0.2, 0) is 4.79 Å². The van der Waals surface area contributed by atoms with Crippen molar-refractivity contribution in [2.75, 3.05) is 32.8 Å². The molecule has 2 aliphatic heterocycles. The van der Waals surface area contributed by atoms with Gasteiger partial charge in [0, 0.05) is 48.8 Å². The highest BCUT2D eigenvalue weighted by atomic mass is 16.6. The fourth-order valence-corrected chi connectivity index (χ4v) is 4.34. The first kappa shape index (κ1) is 19.6. The minimum atomic E-state index is -0.633. The van der Waals surface area contributed by atoms with Crippen molar-refractivity contribution >= 4 is 22.6 Å². The molecule has 0 aliphatic carbocycles. The summed E-state index contributed by atoms with van der Waals surface area (Å²) >= 11 is 0. The number of para-hydroxylation sites is 3. The summed E-state index contributed by atoms with van der Waals surface area (Å²) in [5, 5.41) is 0.947. The van der Waals surface area contributed by atoms with Gasteiger partial charge in [-0.25, -0.2) is 0 Å². The second-order valence-corrected chi connectivity index (χ2v) is 8.01. The van der Waals surface area contributed by atoms with Crippen LogP contribution in [-0.4, -0.2) is 71.4 Å². The number of piperazine rings is 1. The van der Waals surface area contributed by atoms with E-state index in [9.17, 15) is 9.59 Å². The molecule has 0 saturated carbocycles. The highest BCUT2D eigenvalue weighted by Gasteiger charge is 2.34. The van der Waals surface area contributed by atoms with Crippen molar-refractivity contribution in [2.24, 2.45) is 0 Å². The fourth-order valence-electron chi connectivity index (χ4n) is 4.34. The van der Waals surface area contributed by atoms with Crippen LogP contribution in [0.2, 0.25) is 0 Å². The van der Waals surface area contributed by atoms with E-state index in [0.29, 0.717) is 43.2 Å². The number of hydrogen-bond acceptors (Lipinski definition) is 5. The number of hydrogen-bond donors (Lipinski definition) is 1. The van der Waals surface area contributed by atoms with Gasteiger partial charge >= 0.3 is 0 Å². The minimum Gasteiger partial charge on any atom is -0.485 e. The van der Waals surface area contributed by atoms with Crippen LogP contribution in [0.1, 0.15) is 17.3 Å². The molecule has 31 heavy (non-hydrogen) atoms. The molecule has 0 radical (unpaired) electrons. The van der Waals surface area contributed by atoms with Crippen molar-refractivity contribution in [3.05, 3.63) is 60.3 Å². The Hall–Kier alpha value is -3.32. The average Bonchev–Trinajstić information content (AvgIpc) is 3.26. The highest BCUT2D eigenvalue weighted by molar-refractivity contribution is 6.10. The second kappa shape index (κ2) is 8.07. The van der Waals surface area contributed by atoms with Gasteiger partial charge in [0.25, 0.3) is 5.91 Å². The van der Waals surface area contributed by atoms with E-state index in [1.165, 1.54) is 0 Å². The molecule has 3 heterocycles. The lowest BCUT2D eigenvalue weighted by molar-refractivity contribution is -0.143. The number of aromatic amines is 1. The molecule has 1 N–H and O–H groups in total. The van der Waals surface area contributed by atoms with Gasteiger partial charge in [0.1, 0.15) is 6.61 Å². The van der Waals surface area contributed by atoms with Crippen molar-refractivity contribution in [3.8, 4) is 11.5 Å². The van der Waals surface area contributed by atoms with Gasteiger partial charge in [0.2, 0.25) is 6.10 Å². The van der Waals surface area contributed by atoms with E-state index in [1.807, 2.05) is 55.5 Å². The molecule has 2 atom stereocenters. The average molecular weight is 419 g/mol. The zero-order valence-electron chi connectivity index (χ0n) is 17.4. The lowest BCUT2D eigenvalue weighted by Gasteiger charge is -2.39. The first-order valence-electron chi connectivity index (χ1n) is 10.6. The molecule has 7 heteroatoms. The van der Waals surface area contributed by atoms with Gasteiger partial charge in [0.15, 0.2) is 17.3 Å². The molecule has 1 fully saturated rings. The van der Waals surface area contributed by atoms with Crippen molar-refractivity contribution in [1.29, 1.82) is 0 Å². The van der Waals surface area contributed by atoms with Crippen molar-refractivity contribution in [3.63, 3.8) is 0 Å². The van der Waals surface area contributed by atoms with Crippen LogP contribution in [0.25, 0.3) is 10.9 Å². The van der Waals surface area contributed by atoms with Crippen LogP contribution in [0, 0.1) is 0 Å². The summed E-state index contributed by atoms with van der Waals surface area (Å²) in [6.07, 6.45) is 1.16. The number of aromatic nitrogens is 1. The number of carbonyl (C=O) groups excluding carboxylic acids is 2. The van der Waals surface area contributed by atoms with Gasteiger partial charge in [-0.05, 0) is 25.1 Å². The molecule has 0 spiro atoms. The Morgan fingerprint density at radius 3 is 2.52 bits per heavy atom. The van der Waals surface area contributed by atoms with Crippen molar-refractivity contribution in [2.45, 2.75) is 19.1 Å². The predicted molar refractivity (Wildman–Crippen MR) is 117 cm³/mol. The van der Waals surface area contributed by atoms with Crippen LogP contribution in [0.15, 0.2) is 54.7 Å². The molecule has 160 valence electrons. The van der Waals surface area contributed by atoms with Crippen LogP contribution >= 0.6 is 0 Å². The summed E-state index contributed by atoms with van der Waals surface area (Å²) < 4.78 is 11.5. The molecular formula is C24H25N3O4. The number of benzene rings is 2. The Bertz CT molecular complexity index is 1120. The summed E-state index contributed by atoms with van der Waals surface area (Å²) in [7, 11) is 0. The molecule has 1 aromatic heterocycles. The maximum atomic E-state index is 13.1. The maximum absolute atomic E-state index is 13.1. The van der Waals surface area contributed by atoms with Crippen LogP contribution < -0.4 is 9.47 Å². The lowest BCUT2D eigenvalue weighted by Crippen LogP contribution is -2.56. The molecule has 5 rings (SSSR count). The van der Waals surface area contributed by atoms with E-state index in [1.54, 1.807) is 11.1 Å². The monoisotopic (exact) mass is 419 g/mol. The number of carbonyl (C=O) groups is 2. The third-order valence-corrected chi connectivity index (χ3v) is 6.19. The van der Waals surface area contributed by atoms with E-state index in [0.717, 1.165) is 10.9 Å². The van der Waals surface area contributed by atoms with Crippen LogP contribution in [0.4, 0.5) is 0 Å². The first-order valence-corrected chi connectivity index (χ1v) is 10.6. The molecule has 7 nitrogen and oxygen atoms in total. The molecular weight excluding hydrogens is 394 g/mol. The summed E-state index contributed by atoms with van der Waals surface area (Å²) in [6, 6.07) is 15.0. The van der Waals surface area contributed by atoms with E-state index in [-0.39, 0.29) is 24.3 Å². The highest BCUT2D eigenvalue weighted by Crippen LogP contribution is 2.31. The number of H-pyrrole nitrogens is 1. The zero-order valence-corrected chi connectivity index (χ0v) is 17.4. The number of Topliss-reactive ketones (excluding diaryl/α,β-unsaturated/α-hetero) is 1. The Labute approximate surface area is 180 Å². The van der Waals surface area contributed by atoms with Gasteiger partial charge < -0.3 is 19.4 Å². The molecule has 2 aliphatic rings. The third-order valence-electron chi connectivity index (χ3n) is 6.19. The normalized spacial score (nSPS) is 19.9. The Balaban J connectivity index is 1.20. The summed E-state index contributed by atoms with van der Waals surface area (Å²) in [6.45, 7) is 4.57. The summed E-state index contributed by atoms with van der Waals surface area (Å²) in [5.74, 6) is 1.30. The van der Waals surface area contributed by atoms with E-state index >= 15 is 0 Å². The maximum Gasteiger partial charge on any atom is 0.267 e. The zero-order chi connectivity index (χ0) is 21.4. The molecule has 3 aromatic rings. The van der Waals surface area contributed by atoms with Crippen LogP contribution in [0.5, 0.6) is 11.5 Å². The topological polar surface area (TPSA) is 74.9 Å². The fraction of sp³-hybridized carbons (Fsp3) is 0.333. The second-order valence-electron chi connectivity index (χ2n) is 8.01. The Morgan fingerprint density at radius 2 is 1.71 bits per heavy atom.